The topological polar surface area (TPSA) is 65.8 Å². The van der Waals surface area contributed by atoms with Gasteiger partial charge in [-0.1, -0.05) is 36.4 Å². The first-order chi connectivity index (χ1) is 12.3. The van der Waals surface area contributed by atoms with Crippen molar-refractivity contribution in [3.63, 3.8) is 0 Å². The smallest absolute Gasteiger partial charge is 0.258 e. The van der Waals surface area contributed by atoms with Crippen LogP contribution in [0.3, 0.4) is 0 Å². The van der Waals surface area contributed by atoms with E-state index in [4.69, 9.17) is 0 Å². The van der Waals surface area contributed by atoms with Gasteiger partial charge < -0.3 is 0 Å². The summed E-state index contributed by atoms with van der Waals surface area (Å²) in [6.45, 7) is 0. The minimum atomic E-state index is -0.208. The highest BCUT2D eigenvalue weighted by Crippen LogP contribution is 2.41. The van der Waals surface area contributed by atoms with Crippen molar-refractivity contribution in [3.8, 4) is 17.2 Å². The summed E-state index contributed by atoms with van der Waals surface area (Å²) in [4.78, 5) is 17.3. The Kier molecular flexibility index (Phi) is 4.04. The van der Waals surface area contributed by atoms with Crippen LogP contribution < -0.4 is 5.32 Å². The van der Waals surface area contributed by atoms with Crippen LogP contribution in [0.25, 0.3) is 11.1 Å². The summed E-state index contributed by atoms with van der Waals surface area (Å²) in [6.07, 6.45) is 2.37. The number of carbonyl (C=O) groups excluding carboxylic acids is 1. The van der Waals surface area contributed by atoms with Crippen LogP contribution in [0.15, 0.2) is 53.9 Å². The standard InChI is InChI=1S/C20H15N3OS/c21-11-14-5-1-2-6-15(14)16-7-3-4-8-17(16)19(24)23-20-22-18(12-25-20)13-9-10-13/h1-8,12-13H,9-10H2,(H,22,23,24). The van der Waals surface area contributed by atoms with Crippen molar-refractivity contribution < 1.29 is 4.79 Å². The van der Waals surface area contributed by atoms with E-state index in [1.54, 1.807) is 12.1 Å². The van der Waals surface area contributed by atoms with Gasteiger partial charge in [0.1, 0.15) is 0 Å². The van der Waals surface area contributed by atoms with Gasteiger partial charge in [-0.2, -0.15) is 5.26 Å². The Bertz CT molecular complexity index is 982. The van der Waals surface area contributed by atoms with Crippen LogP contribution in [-0.2, 0) is 0 Å². The van der Waals surface area contributed by atoms with E-state index in [-0.39, 0.29) is 5.91 Å². The number of nitrogens with one attached hydrogen (secondary N) is 1. The number of anilines is 1. The number of aromatic nitrogens is 1. The molecule has 3 aromatic rings. The van der Waals surface area contributed by atoms with E-state index < -0.39 is 0 Å². The SMILES string of the molecule is N#Cc1ccccc1-c1ccccc1C(=O)Nc1nc(C2CC2)cs1. The molecular weight excluding hydrogens is 330 g/mol. The molecule has 1 aliphatic rings. The van der Waals surface area contributed by atoms with Crippen molar-refractivity contribution in [3.05, 3.63) is 70.7 Å². The van der Waals surface area contributed by atoms with Crippen LogP contribution in [-0.4, -0.2) is 10.9 Å². The van der Waals surface area contributed by atoms with Gasteiger partial charge in [-0.05, 0) is 30.5 Å². The lowest BCUT2D eigenvalue weighted by Crippen LogP contribution is -2.13. The van der Waals surface area contributed by atoms with Crippen molar-refractivity contribution >= 4 is 22.4 Å². The number of hydrogen-bond donors (Lipinski definition) is 1. The average molecular weight is 345 g/mol. The maximum Gasteiger partial charge on any atom is 0.258 e. The first kappa shape index (κ1) is 15.6. The molecule has 2 aromatic carbocycles. The number of benzene rings is 2. The van der Waals surface area contributed by atoms with Gasteiger partial charge in [0.05, 0.1) is 17.3 Å². The van der Waals surface area contributed by atoms with Crippen molar-refractivity contribution in [1.82, 2.24) is 4.98 Å². The van der Waals surface area contributed by atoms with E-state index in [2.05, 4.69) is 16.4 Å². The molecule has 0 bridgehead atoms. The molecule has 5 heteroatoms. The summed E-state index contributed by atoms with van der Waals surface area (Å²) >= 11 is 1.45. The minimum Gasteiger partial charge on any atom is -0.298 e. The van der Waals surface area contributed by atoms with Gasteiger partial charge in [-0.3, -0.25) is 10.1 Å². The number of thiazole rings is 1. The van der Waals surface area contributed by atoms with Crippen molar-refractivity contribution in [1.29, 1.82) is 5.26 Å². The highest BCUT2D eigenvalue weighted by molar-refractivity contribution is 7.14. The summed E-state index contributed by atoms with van der Waals surface area (Å²) in [7, 11) is 0. The molecule has 4 nitrogen and oxygen atoms in total. The molecule has 1 N–H and O–H groups in total. The largest absolute Gasteiger partial charge is 0.298 e. The van der Waals surface area contributed by atoms with E-state index in [1.807, 2.05) is 41.8 Å². The number of carbonyl (C=O) groups is 1. The van der Waals surface area contributed by atoms with E-state index in [1.165, 1.54) is 24.2 Å². The Balaban J connectivity index is 1.65. The Labute approximate surface area is 149 Å². The number of hydrogen-bond acceptors (Lipinski definition) is 4. The third kappa shape index (κ3) is 3.17. The zero-order valence-electron chi connectivity index (χ0n) is 13.4. The van der Waals surface area contributed by atoms with Crippen LogP contribution in [0.2, 0.25) is 0 Å². The second-order valence-electron chi connectivity index (χ2n) is 6.01. The lowest BCUT2D eigenvalue weighted by Gasteiger charge is -2.10. The average Bonchev–Trinajstić information content (AvgIpc) is 3.41. The maximum absolute atomic E-state index is 12.8. The first-order valence-corrected chi connectivity index (χ1v) is 8.99. The van der Waals surface area contributed by atoms with Crippen LogP contribution >= 0.6 is 11.3 Å². The number of amides is 1. The molecule has 1 aromatic heterocycles. The van der Waals surface area contributed by atoms with Gasteiger partial charge in [0.15, 0.2) is 5.13 Å². The Hall–Kier alpha value is -2.97. The van der Waals surface area contributed by atoms with E-state index in [0.717, 1.165) is 16.8 Å². The molecule has 0 unspecified atom stereocenters. The number of nitriles is 1. The van der Waals surface area contributed by atoms with Gasteiger partial charge in [0, 0.05) is 22.4 Å². The van der Waals surface area contributed by atoms with Crippen LogP contribution in [0.1, 0.15) is 40.4 Å². The van der Waals surface area contributed by atoms with E-state index >= 15 is 0 Å². The highest BCUT2D eigenvalue weighted by atomic mass is 32.1. The Morgan fingerprint density at radius 2 is 1.84 bits per heavy atom. The van der Waals surface area contributed by atoms with Gasteiger partial charge in [-0.15, -0.1) is 11.3 Å². The first-order valence-electron chi connectivity index (χ1n) is 8.11. The molecule has 1 amide bonds. The summed E-state index contributed by atoms with van der Waals surface area (Å²) in [6, 6.07) is 16.8. The van der Waals surface area contributed by atoms with Crippen molar-refractivity contribution in [2.45, 2.75) is 18.8 Å². The molecule has 4 rings (SSSR count). The normalized spacial score (nSPS) is 13.2. The zero-order valence-corrected chi connectivity index (χ0v) is 14.2. The monoisotopic (exact) mass is 345 g/mol. The van der Waals surface area contributed by atoms with Crippen molar-refractivity contribution in [2.24, 2.45) is 0 Å². The van der Waals surface area contributed by atoms with Crippen LogP contribution in [0.5, 0.6) is 0 Å². The number of rotatable bonds is 4. The molecule has 0 atom stereocenters. The number of nitrogens with zero attached hydrogens (tertiary/aromatic N) is 2. The highest BCUT2D eigenvalue weighted by Gasteiger charge is 2.26. The Morgan fingerprint density at radius 3 is 2.60 bits per heavy atom. The van der Waals surface area contributed by atoms with Crippen molar-refractivity contribution in [2.75, 3.05) is 5.32 Å². The predicted octanol–water partition coefficient (Wildman–Crippen LogP) is 4.81. The Morgan fingerprint density at radius 1 is 1.12 bits per heavy atom. The summed E-state index contributed by atoms with van der Waals surface area (Å²) in [5.74, 6) is 0.358. The maximum atomic E-state index is 12.8. The molecular formula is C20H15N3OS. The summed E-state index contributed by atoms with van der Waals surface area (Å²) < 4.78 is 0. The predicted molar refractivity (Wildman–Crippen MR) is 98.6 cm³/mol. The zero-order chi connectivity index (χ0) is 17.2. The second kappa shape index (κ2) is 6.50. The molecule has 0 aliphatic heterocycles. The van der Waals surface area contributed by atoms with Gasteiger partial charge in [0.25, 0.3) is 5.91 Å². The molecule has 122 valence electrons. The third-order valence-electron chi connectivity index (χ3n) is 4.25. The molecule has 1 fully saturated rings. The molecule has 0 saturated heterocycles. The molecule has 0 spiro atoms. The lowest BCUT2D eigenvalue weighted by molar-refractivity contribution is 0.102. The molecule has 25 heavy (non-hydrogen) atoms. The lowest BCUT2D eigenvalue weighted by atomic mass is 9.95. The summed E-state index contributed by atoms with van der Waals surface area (Å²) in [5, 5.41) is 14.9. The quantitative estimate of drug-likeness (QED) is 0.738. The third-order valence-corrected chi connectivity index (χ3v) is 5.02. The van der Waals surface area contributed by atoms with Gasteiger partial charge >= 0.3 is 0 Å². The second-order valence-corrected chi connectivity index (χ2v) is 6.87. The fourth-order valence-electron chi connectivity index (χ4n) is 2.81. The van der Waals surface area contributed by atoms with E-state index in [0.29, 0.717) is 22.2 Å². The van der Waals surface area contributed by atoms with Gasteiger partial charge in [0.2, 0.25) is 0 Å². The van der Waals surface area contributed by atoms with Gasteiger partial charge in [-0.25, -0.2) is 4.98 Å². The van der Waals surface area contributed by atoms with E-state index in [9.17, 15) is 10.1 Å². The fraction of sp³-hybridized carbons (Fsp3) is 0.150. The molecule has 1 aliphatic carbocycles. The summed E-state index contributed by atoms with van der Waals surface area (Å²) in [5.41, 5.74) is 3.66. The minimum absolute atomic E-state index is 0.208. The molecule has 0 radical (unpaired) electrons. The fourth-order valence-corrected chi connectivity index (χ4v) is 3.59. The van der Waals surface area contributed by atoms with Crippen LogP contribution in [0.4, 0.5) is 5.13 Å². The van der Waals surface area contributed by atoms with Crippen LogP contribution in [0, 0.1) is 11.3 Å². The molecule has 1 heterocycles. The molecule has 1 saturated carbocycles.